The largest absolute Gasteiger partial charge is 0.497 e. The smallest absolute Gasteiger partial charge is 0.264 e. The summed E-state index contributed by atoms with van der Waals surface area (Å²) in [6.45, 7) is 1.67. The van der Waals surface area contributed by atoms with Gasteiger partial charge in [0.15, 0.2) is 0 Å². The van der Waals surface area contributed by atoms with Crippen LogP contribution < -0.4 is 14.4 Å². The maximum Gasteiger partial charge on any atom is 0.264 e. The van der Waals surface area contributed by atoms with Crippen LogP contribution in [0.3, 0.4) is 0 Å². The summed E-state index contributed by atoms with van der Waals surface area (Å²) >= 11 is 0. The predicted octanol–water partition coefficient (Wildman–Crippen LogP) is 3.65. The van der Waals surface area contributed by atoms with Crippen LogP contribution in [0.25, 0.3) is 0 Å². The van der Waals surface area contributed by atoms with Crippen LogP contribution in [-0.2, 0) is 21.4 Å². The van der Waals surface area contributed by atoms with E-state index in [1.54, 1.807) is 49.6 Å². The Labute approximate surface area is 181 Å². The number of sulfonamides is 1. The van der Waals surface area contributed by atoms with Gasteiger partial charge in [-0.15, -0.1) is 0 Å². The van der Waals surface area contributed by atoms with Gasteiger partial charge in [0, 0.05) is 6.54 Å². The number of benzene rings is 3. The molecule has 0 bridgehead atoms. The van der Waals surface area contributed by atoms with E-state index in [0.29, 0.717) is 11.4 Å². The summed E-state index contributed by atoms with van der Waals surface area (Å²) < 4.78 is 45.9. The fourth-order valence-electron chi connectivity index (χ4n) is 2.93. The molecule has 0 unspecified atom stereocenters. The summed E-state index contributed by atoms with van der Waals surface area (Å²) in [6.07, 6.45) is 0. The third-order valence-electron chi connectivity index (χ3n) is 4.63. The summed E-state index contributed by atoms with van der Waals surface area (Å²) in [5.41, 5.74) is 2.10. The number of aryl methyl sites for hydroxylation is 1. The van der Waals surface area contributed by atoms with E-state index < -0.39 is 28.3 Å². The molecule has 3 aromatic rings. The van der Waals surface area contributed by atoms with Crippen LogP contribution in [0.4, 0.5) is 10.1 Å². The highest BCUT2D eigenvalue weighted by atomic mass is 32.2. The Morgan fingerprint density at radius 1 is 1.03 bits per heavy atom. The molecule has 0 spiro atoms. The van der Waals surface area contributed by atoms with Gasteiger partial charge >= 0.3 is 0 Å². The highest BCUT2D eigenvalue weighted by molar-refractivity contribution is 7.92. The van der Waals surface area contributed by atoms with Gasteiger partial charge in [0.05, 0.1) is 17.7 Å². The number of anilines is 1. The molecule has 3 aromatic carbocycles. The molecule has 8 heteroatoms. The van der Waals surface area contributed by atoms with Crippen molar-refractivity contribution in [2.45, 2.75) is 18.4 Å². The molecule has 0 saturated heterocycles. The Balaban J connectivity index is 1.83. The van der Waals surface area contributed by atoms with Gasteiger partial charge in [-0.2, -0.15) is 0 Å². The quantitative estimate of drug-likeness (QED) is 0.578. The molecule has 0 heterocycles. The third-order valence-corrected chi connectivity index (χ3v) is 6.42. The topological polar surface area (TPSA) is 75.7 Å². The summed E-state index contributed by atoms with van der Waals surface area (Å²) in [6, 6.07) is 18.5. The first-order chi connectivity index (χ1) is 14.8. The van der Waals surface area contributed by atoms with Gasteiger partial charge in [-0.1, -0.05) is 29.8 Å². The lowest BCUT2D eigenvalue weighted by molar-refractivity contribution is -0.119. The van der Waals surface area contributed by atoms with Crippen molar-refractivity contribution in [2.75, 3.05) is 18.0 Å². The number of nitrogens with one attached hydrogen (secondary N) is 1. The standard InChI is InChI=1S/C23H23FN2O4S/c1-17-6-10-20(11-7-17)26(31(28,29)22-12-8-19(24)9-13-22)16-23(27)25-15-18-4-3-5-21(14-18)30-2/h3-14H,15-16H2,1-2H3,(H,25,27). The number of rotatable bonds is 8. The molecule has 6 nitrogen and oxygen atoms in total. The number of hydrogen-bond acceptors (Lipinski definition) is 4. The minimum Gasteiger partial charge on any atom is -0.497 e. The van der Waals surface area contributed by atoms with Crippen molar-refractivity contribution in [1.82, 2.24) is 5.32 Å². The van der Waals surface area contributed by atoms with Gasteiger partial charge in [0.2, 0.25) is 5.91 Å². The average molecular weight is 443 g/mol. The van der Waals surface area contributed by atoms with E-state index in [0.717, 1.165) is 27.6 Å². The number of amides is 1. The Hall–Kier alpha value is -3.39. The monoisotopic (exact) mass is 442 g/mol. The van der Waals surface area contributed by atoms with Crippen LogP contribution >= 0.6 is 0 Å². The van der Waals surface area contributed by atoms with E-state index in [2.05, 4.69) is 5.32 Å². The maximum absolute atomic E-state index is 13.3. The number of carbonyl (C=O) groups is 1. The van der Waals surface area contributed by atoms with Crippen LogP contribution in [0.1, 0.15) is 11.1 Å². The molecule has 0 fully saturated rings. The van der Waals surface area contributed by atoms with Gasteiger partial charge in [-0.05, 0) is 61.0 Å². The first kappa shape index (κ1) is 22.3. The number of nitrogens with zero attached hydrogens (tertiary/aromatic N) is 1. The molecule has 0 saturated carbocycles. The minimum atomic E-state index is -4.09. The van der Waals surface area contributed by atoms with Crippen molar-refractivity contribution in [3.8, 4) is 5.75 Å². The molecule has 0 atom stereocenters. The first-order valence-corrected chi connectivity index (χ1v) is 11.0. The molecule has 0 aliphatic rings. The number of ether oxygens (including phenoxy) is 1. The summed E-state index contributed by atoms with van der Waals surface area (Å²) in [7, 11) is -2.53. The molecule has 3 rings (SSSR count). The van der Waals surface area contributed by atoms with Crippen LogP contribution in [-0.4, -0.2) is 28.0 Å². The molecule has 0 aliphatic carbocycles. The van der Waals surface area contributed by atoms with Crippen molar-refractivity contribution in [2.24, 2.45) is 0 Å². The van der Waals surface area contributed by atoms with Crippen molar-refractivity contribution < 1.29 is 22.3 Å². The lowest BCUT2D eigenvalue weighted by Crippen LogP contribution is -2.40. The number of halogens is 1. The minimum absolute atomic E-state index is 0.102. The van der Waals surface area contributed by atoms with E-state index in [1.165, 1.54) is 12.1 Å². The Morgan fingerprint density at radius 3 is 2.35 bits per heavy atom. The van der Waals surface area contributed by atoms with Crippen LogP contribution in [0.5, 0.6) is 5.75 Å². The molecule has 0 radical (unpaired) electrons. The van der Waals surface area contributed by atoms with Gasteiger partial charge in [-0.25, -0.2) is 12.8 Å². The van der Waals surface area contributed by atoms with Gasteiger partial charge in [-0.3, -0.25) is 9.10 Å². The van der Waals surface area contributed by atoms with Gasteiger partial charge < -0.3 is 10.1 Å². The molecule has 162 valence electrons. The fraction of sp³-hybridized carbons (Fsp3) is 0.174. The van der Waals surface area contributed by atoms with E-state index in [-0.39, 0.29) is 11.4 Å². The zero-order chi connectivity index (χ0) is 22.4. The van der Waals surface area contributed by atoms with E-state index in [9.17, 15) is 17.6 Å². The van der Waals surface area contributed by atoms with E-state index in [1.807, 2.05) is 13.0 Å². The Bertz CT molecular complexity index is 1150. The Morgan fingerprint density at radius 2 is 1.71 bits per heavy atom. The second kappa shape index (κ2) is 9.61. The zero-order valence-corrected chi connectivity index (χ0v) is 18.0. The molecular weight excluding hydrogens is 419 g/mol. The van der Waals surface area contributed by atoms with Crippen molar-refractivity contribution in [3.05, 3.63) is 89.7 Å². The summed E-state index contributed by atoms with van der Waals surface area (Å²) in [5, 5.41) is 2.73. The maximum atomic E-state index is 13.3. The van der Waals surface area contributed by atoms with Gasteiger partial charge in [0.1, 0.15) is 18.1 Å². The van der Waals surface area contributed by atoms with Gasteiger partial charge in [0.25, 0.3) is 10.0 Å². The molecule has 31 heavy (non-hydrogen) atoms. The number of methoxy groups -OCH3 is 1. The van der Waals surface area contributed by atoms with E-state index >= 15 is 0 Å². The lowest BCUT2D eigenvalue weighted by Gasteiger charge is -2.24. The molecule has 1 N–H and O–H groups in total. The molecular formula is C23H23FN2O4S. The van der Waals surface area contributed by atoms with Crippen molar-refractivity contribution in [3.63, 3.8) is 0 Å². The highest BCUT2D eigenvalue weighted by Gasteiger charge is 2.27. The lowest BCUT2D eigenvalue weighted by atomic mass is 10.2. The third kappa shape index (κ3) is 5.61. The van der Waals surface area contributed by atoms with Crippen LogP contribution in [0.2, 0.25) is 0 Å². The normalized spacial score (nSPS) is 11.1. The molecule has 0 aromatic heterocycles. The first-order valence-electron chi connectivity index (χ1n) is 9.54. The number of carbonyl (C=O) groups excluding carboxylic acids is 1. The van der Waals surface area contributed by atoms with Crippen LogP contribution in [0, 0.1) is 12.7 Å². The second-order valence-electron chi connectivity index (χ2n) is 6.93. The SMILES string of the molecule is COc1cccc(CNC(=O)CN(c2ccc(C)cc2)S(=O)(=O)c2ccc(F)cc2)c1. The van der Waals surface area contributed by atoms with Crippen LogP contribution in [0.15, 0.2) is 77.7 Å². The average Bonchev–Trinajstić information content (AvgIpc) is 2.77. The highest BCUT2D eigenvalue weighted by Crippen LogP contribution is 2.24. The summed E-state index contributed by atoms with van der Waals surface area (Å²) in [5.74, 6) is -0.363. The van der Waals surface area contributed by atoms with Crippen molar-refractivity contribution >= 4 is 21.6 Å². The second-order valence-corrected chi connectivity index (χ2v) is 8.79. The molecule has 0 aliphatic heterocycles. The summed E-state index contributed by atoms with van der Waals surface area (Å²) in [4.78, 5) is 12.5. The van der Waals surface area contributed by atoms with E-state index in [4.69, 9.17) is 4.74 Å². The Kier molecular flexibility index (Phi) is 6.91. The van der Waals surface area contributed by atoms with Crippen molar-refractivity contribution in [1.29, 1.82) is 0 Å². The zero-order valence-electron chi connectivity index (χ0n) is 17.2. The number of hydrogen-bond donors (Lipinski definition) is 1. The predicted molar refractivity (Wildman–Crippen MR) is 117 cm³/mol. The molecule has 1 amide bonds. The fourth-order valence-corrected chi connectivity index (χ4v) is 4.35.